The van der Waals surface area contributed by atoms with E-state index >= 15 is 0 Å². The maximum absolute atomic E-state index is 7.19. The van der Waals surface area contributed by atoms with Gasteiger partial charge in [-0.05, 0) is 104 Å². The van der Waals surface area contributed by atoms with Gasteiger partial charge in [0.2, 0.25) is 0 Å². The van der Waals surface area contributed by atoms with E-state index in [9.17, 15) is 0 Å². The molecule has 10 aromatic carbocycles. The second kappa shape index (κ2) is 15.1. The summed E-state index contributed by atoms with van der Waals surface area (Å²) in [5.74, 6) is 0. The first-order chi connectivity index (χ1) is 31.3. The average Bonchev–Trinajstić information content (AvgIpc) is 3.88. The van der Waals surface area contributed by atoms with Crippen LogP contribution in [0.5, 0.6) is 0 Å². The van der Waals surface area contributed by atoms with Gasteiger partial charge >= 0.3 is 0 Å². The molecule has 0 unspecified atom stereocenters. The zero-order valence-corrected chi connectivity index (χ0v) is 34.5. The first-order valence-electron chi connectivity index (χ1n) is 21.7. The Labute approximate surface area is 367 Å². The first-order valence-corrected chi connectivity index (χ1v) is 21.7. The largest absolute Gasteiger partial charge is 0.456 e. The van der Waals surface area contributed by atoms with Gasteiger partial charge in [-0.25, -0.2) is 0 Å². The summed E-state index contributed by atoms with van der Waals surface area (Å²) < 4.78 is 7.19. The van der Waals surface area contributed by atoms with Crippen LogP contribution < -0.4 is 4.90 Å². The van der Waals surface area contributed by atoms with Crippen molar-refractivity contribution < 1.29 is 4.42 Å². The molecule has 0 aliphatic heterocycles. The zero-order chi connectivity index (χ0) is 41.7. The van der Waals surface area contributed by atoms with E-state index in [4.69, 9.17) is 4.42 Å². The summed E-state index contributed by atoms with van der Waals surface area (Å²) in [5.41, 5.74) is 18.9. The molecule has 0 atom stereocenters. The van der Waals surface area contributed by atoms with Crippen LogP contribution in [0.25, 0.3) is 66.4 Å². The van der Waals surface area contributed by atoms with Crippen molar-refractivity contribution >= 4 is 39.0 Å². The molecule has 0 fully saturated rings. The van der Waals surface area contributed by atoms with E-state index in [1.165, 1.54) is 61.2 Å². The van der Waals surface area contributed by atoms with Gasteiger partial charge in [0.1, 0.15) is 11.2 Å². The Balaban J connectivity index is 1.10. The van der Waals surface area contributed by atoms with E-state index < -0.39 is 5.41 Å². The van der Waals surface area contributed by atoms with Gasteiger partial charge in [-0.1, -0.05) is 200 Å². The van der Waals surface area contributed by atoms with Crippen LogP contribution in [0.1, 0.15) is 22.3 Å². The van der Waals surface area contributed by atoms with Crippen LogP contribution in [0.2, 0.25) is 0 Å². The Morgan fingerprint density at radius 3 is 1.30 bits per heavy atom. The Bertz CT molecular complexity index is 3270. The molecule has 0 radical (unpaired) electrons. The van der Waals surface area contributed by atoms with Crippen molar-refractivity contribution in [1.82, 2.24) is 0 Å². The molecule has 0 amide bonds. The van der Waals surface area contributed by atoms with Crippen molar-refractivity contribution in [1.29, 1.82) is 0 Å². The normalized spacial score (nSPS) is 12.6. The van der Waals surface area contributed by atoms with Crippen molar-refractivity contribution in [2.24, 2.45) is 0 Å². The minimum Gasteiger partial charge on any atom is -0.456 e. The van der Waals surface area contributed by atoms with E-state index in [0.717, 1.165) is 44.6 Å². The van der Waals surface area contributed by atoms with Crippen molar-refractivity contribution in [3.63, 3.8) is 0 Å². The van der Waals surface area contributed by atoms with Gasteiger partial charge in [-0.3, -0.25) is 0 Å². The molecule has 1 aliphatic rings. The predicted octanol–water partition coefficient (Wildman–Crippen LogP) is 16.4. The monoisotopic (exact) mass is 803 g/mol. The maximum Gasteiger partial charge on any atom is 0.137 e. The van der Waals surface area contributed by atoms with E-state index in [0.29, 0.717) is 0 Å². The summed E-state index contributed by atoms with van der Waals surface area (Å²) >= 11 is 0. The highest BCUT2D eigenvalue weighted by molar-refractivity contribution is 6.18. The molecule has 11 aromatic rings. The SMILES string of the molecule is c1ccc(-c2ccc(N(c3ccc(-c4ccccc4)cc3)c3ccc4c(c3)oc3cc5c(c(-c6ccccc6)c34)-c3ccccc3C5(c3ccccc3)c3ccccc3)cc2)cc1. The number of rotatable bonds is 8. The quantitative estimate of drug-likeness (QED) is 0.152. The lowest BCUT2D eigenvalue weighted by Gasteiger charge is -2.34. The molecule has 1 heterocycles. The van der Waals surface area contributed by atoms with Crippen LogP contribution in [-0.2, 0) is 5.41 Å². The second-order valence-electron chi connectivity index (χ2n) is 16.4. The van der Waals surface area contributed by atoms with E-state index in [1.807, 2.05) is 0 Å². The molecule has 0 bridgehead atoms. The molecule has 0 saturated carbocycles. The molecular weight excluding hydrogens is 763 g/mol. The van der Waals surface area contributed by atoms with E-state index in [2.05, 4.69) is 254 Å². The highest BCUT2D eigenvalue weighted by Crippen LogP contribution is 2.60. The number of fused-ring (bicyclic) bond motifs is 6. The van der Waals surface area contributed by atoms with Crippen molar-refractivity contribution in [3.05, 3.63) is 271 Å². The highest BCUT2D eigenvalue weighted by atomic mass is 16.3. The molecule has 1 aliphatic carbocycles. The molecular formula is C61H41NO. The first kappa shape index (κ1) is 36.6. The maximum atomic E-state index is 7.19. The minimum absolute atomic E-state index is 0.565. The lowest BCUT2D eigenvalue weighted by molar-refractivity contribution is 0.666. The zero-order valence-electron chi connectivity index (χ0n) is 34.5. The summed E-state index contributed by atoms with van der Waals surface area (Å²) in [4.78, 5) is 2.33. The molecule has 1 aromatic heterocycles. The van der Waals surface area contributed by atoms with Crippen molar-refractivity contribution in [2.75, 3.05) is 4.90 Å². The molecule has 63 heavy (non-hydrogen) atoms. The summed E-state index contributed by atoms with van der Waals surface area (Å²) in [6, 6.07) is 89.8. The molecule has 0 spiro atoms. The number of benzene rings is 10. The summed E-state index contributed by atoms with van der Waals surface area (Å²) in [6.45, 7) is 0. The van der Waals surface area contributed by atoms with E-state index in [1.54, 1.807) is 0 Å². The summed E-state index contributed by atoms with van der Waals surface area (Å²) in [6.07, 6.45) is 0. The van der Waals surface area contributed by atoms with Crippen molar-refractivity contribution in [2.45, 2.75) is 5.41 Å². The summed E-state index contributed by atoms with van der Waals surface area (Å²) in [7, 11) is 0. The highest BCUT2D eigenvalue weighted by Gasteiger charge is 2.47. The minimum atomic E-state index is -0.565. The van der Waals surface area contributed by atoms with Crippen LogP contribution in [0, 0.1) is 0 Å². The van der Waals surface area contributed by atoms with Gasteiger partial charge < -0.3 is 9.32 Å². The fraction of sp³-hybridized carbons (Fsp3) is 0.0164. The number of furan rings is 1. The lowest BCUT2D eigenvalue weighted by atomic mass is 9.67. The van der Waals surface area contributed by atoms with Crippen molar-refractivity contribution in [3.8, 4) is 44.5 Å². The second-order valence-corrected chi connectivity index (χ2v) is 16.4. The van der Waals surface area contributed by atoms with Gasteiger partial charge in [0.25, 0.3) is 0 Å². The number of hydrogen-bond acceptors (Lipinski definition) is 2. The number of anilines is 3. The average molecular weight is 804 g/mol. The molecule has 2 heteroatoms. The molecule has 0 N–H and O–H groups in total. The van der Waals surface area contributed by atoms with Gasteiger partial charge in [0.05, 0.1) is 5.41 Å². The van der Waals surface area contributed by atoms with Gasteiger partial charge in [-0.15, -0.1) is 0 Å². The Morgan fingerprint density at radius 2 is 0.762 bits per heavy atom. The third-order valence-corrected chi connectivity index (χ3v) is 12.9. The van der Waals surface area contributed by atoms with Crippen LogP contribution in [0.15, 0.2) is 253 Å². The topological polar surface area (TPSA) is 16.4 Å². The Hall–Kier alpha value is -8.20. The fourth-order valence-electron chi connectivity index (χ4n) is 10.2. The van der Waals surface area contributed by atoms with Crippen LogP contribution in [-0.4, -0.2) is 0 Å². The Morgan fingerprint density at radius 1 is 0.317 bits per heavy atom. The van der Waals surface area contributed by atoms with Crippen LogP contribution >= 0.6 is 0 Å². The molecule has 12 rings (SSSR count). The third-order valence-electron chi connectivity index (χ3n) is 12.9. The summed E-state index contributed by atoms with van der Waals surface area (Å²) in [5, 5.41) is 2.21. The van der Waals surface area contributed by atoms with Gasteiger partial charge in [0.15, 0.2) is 0 Å². The molecule has 2 nitrogen and oxygen atoms in total. The molecule has 0 saturated heterocycles. The van der Waals surface area contributed by atoms with Crippen LogP contribution in [0.3, 0.4) is 0 Å². The van der Waals surface area contributed by atoms with Crippen LogP contribution in [0.4, 0.5) is 17.1 Å². The Kier molecular flexibility index (Phi) is 8.76. The smallest absolute Gasteiger partial charge is 0.137 e. The lowest BCUT2D eigenvalue weighted by Crippen LogP contribution is -2.28. The van der Waals surface area contributed by atoms with E-state index in [-0.39, 0.29) is 0 Å². The number of nitrogens with zero attached hydrogens (tertiary/aromatic N) is 1. The predicted molar refractivity (Wildman–Crippen MR) is 262 cm³/mol. The fourth-order valence-corrected chi connectivity index (χ4v) is 10.2. The van der Waals surface area contributed by atoms with Gasteiger partial charge in [0, 0.05) is 39.5 Å². The third kappa shape index (κ3) is 5.95. The van der Waals surface area contributed by atoms with Gasteiger partial charge in [-0.2, -0.15) is 0 Å². The standard InChI is InChI=1S/C61H41NO/c1-6-18-42(19-7-1)44-30-34-49(35-31-44)62(50-36-32-45(33-37-50)43-20-8-2-9-21-43)51-38-39-53-56(40-51)63-57-41-55-59(58(60(53)57)46-22-10-3-11-23-46)52-28-16-17-29-54(52)61(55,47-24-12-4-13-25-47)48-26-14-5-15-27-48/h1-41H. The molecule has 296 valence electrons. The number of hydrogen-bond donors (Lipinski definition) is 0.